The highest BCUT2D eigenvalue weighted by Gasteiger charge is 2.17. The molecule has 0 amide bonds. The Morgan fingerprint density at radius 2 is 1.86 bits per heavy atom. The van der Waals surface area contributed by atoms with E-state index in [9.17, 15) is 5.11 Å². The number of hydrogen-bond acceptors (Lipinski definition) is 3. The third-order valence-electron chi connectivity index (χ3n) is 2.86. The van der Waals surface area contributed by atoms with Crippen molar-refractivity contribution < 1.29 is 5.11 Å². The topological polar surface area (TPSA) is 35.5 Å². The minimum atomic E-state index is -0.299. The molecule has 1 atom stereocenters. The van der Waals surface area contributed by atoms with Gasteiger partial charge in [0.15, 0.2) is 0 Å². The lowest BCUT2D eigenvalue weighted by molar-refractivity contribution is 0.184. The first-order valence-electron chi connectivity index (χ1n) is 4.99. The van der Waals surface area contributed by atoms with E-state index < -0.39 is 0 Å². The molecular weight excluding hydrogens is 176 g/mol. The zero-order chi connectivity index (χ0) is 10.9. The second kappa shape index (κ2) is 4.05. The molecule has 0 fully saturated rings. The fraction of sp³-hybridized carbons (Fsp3) is 0.636. The molecule has 1 aliphatic rings. The van der Waals surface area contributed by atoms with Gasteiger partial charge in [-0.1, -0.05) is 0 Å². The molecule has 3 nitrogen and oxygen atoms in total. The highest BCUT2D eigenvalue weighted by atomic mass is 16.3. The Bertz CT molecular complexity index is 286. The van der Waals surface area contributed by atoms with Crippen LogP contribution in [0.1, 0.15) is 34.1 Å². The average Bonchev–Trinajstić information content (AvgIpc) is 2.10. The predicted octanol–water partition coefficient (Wildman–Crippen LogP) is 1.78. The lowest BCUT2D eigenvalue weighted by Crippen LogP contribution is -2.37. The first kappa shape index (κ1) is 11.1. The summed E-state index contributed by atoms with van der Waals surface area (Å²) in [5.74, 6) is 0. The monoisotopic (exact) mass is 196 g/mol. The van der Waals surface area contributed by atoms with Gasteiger partial charge in [-0.05, 0) is 38.8 Å². The minimum Gasteiger partial charge on any atom is -0.393 e. The van der Waals surface area contributed by atoms with E-state index in [1.165, 1.54) is 16.8 Å². The maximum Gasteiger partial charge on any atom is 0.0567 e. The molecule has 0 bridgehead atoms. The van der Waals surface area contributed by atoms with Crippen LogP contribution in [-0.4, -0.2) is 23.3 Å². The second-order valence-electron chi connectivity index (χ2n) is 4.04. The SMILES string of the molecule is CC1=C(CC(C)O)NN(C)C(C)=C1C. The average molecular weight is 196 g/mol. The summed E-state index contributed by atoms with van der Waals surface area (Å²) >= 11 is 0. The van der Waals surface area contributed by atoms with Crippen molar-refractivity contribution in [3.63, 3.8) is 0 Å². The van der Waals surface area contributed by atoms with Crippen molar-refractivity contribution in [1.82, 2.24) is 10.4 Å². The summed E-state index contributed by atoms with van der Waals surface area (Å²) in [5.41, 5.74) is 8.17. The minimum absolute atomic E-state index is 0.299. The Hall–Kier alpha value is -0.960. The van der Waals surface area contributed by atoms with Crippen LogP contribution < -0.4 is 5.43 Å². The molecule has 0 saturated carbocycles. The molecule has 1 aliphatic heterocycles. The van der Waals surface area contributed by atoms with Gasteiger partial charge in [0.1, 0.15) is 0 Å². The first-order chi connectivity index (χ1) is 6.43. The van der Waals surface area contributed by atoms with Crippen LogP contribution in [0.5, 0.6) is 0 Å². The quantitative estimate of drug-likeness (QED) is 0.706. The van der Waals surface area contributed by atoms with Gasteiger partial charge in [0.25, 0.3) is 0 Å². The van der Waals surface area contributed by atoms with E-state index in [0.717, 1.165) is 5.70 Å². The summed E-state index contributed by atoms with van der Waals surface area (Å²) in [6.45, 7) is 8.11. The van der Waals surface area contributed by atoms with E-state index in [1.54, 1.807) is 0 Å². The smallest absolute Gasteiger partial charge is 0.0567 e. The number of hydrogen-bond donors (Lipinski definition) is 2. The van der Waals surface area contributed by atoms with Gasteiger partial charge in [-0.3, -0.25) is 5.01 Å². The number of aliphatic hydroxyl groups is 1. The van der Waals surface area contributed by atoms with Crippen LogP contribution in [0.4, 0.5) is 0 Å². The van der Waals surface area contributed by atoms with Crippen molar-refractivity contribution in [2.75, 3.05) is 7.05 Å². The summed E-state index contributed by atoms with van der Waals surface area (Å²) in [4.78, 5) is 0. The normalized spacial score (nSPS) is 20.0. The lowest BCUT2D eigenvalue weighted by atomic mass is 10.0. The summed E-state index contributed by atoms with van der Waals surface area (Å²) in [5, 5.41) is 11.4. The molecular formula is C11H20N2O. The largest absolute Gasteiger partial charge is 0.393 e. The molecule has 0 aromatic heterocycles. The summed E-state index contributed by atoms with van der Waals surface area (Å²) in [7, 11) is 1.99. The fourth-order valence-electron chi connectivity index (χ4n) is 1.61. The molecule has 2 N–H and O–H groups in total. The van der Waals surface area contributed by atoms with Gasteiger partial charge in [0.2, 0.25) is 0 Å². The number of nitrogens with zero attached hydrogens (tertiary/aromatic N) is 1. The van der Waals surface area contributed by atoms with Crippen LogP contribution in [0.3, 0.4) is 0 Å². The zero-order valence-electron chi connectivity index (χ0n) is 9.68. The Labute approximate surface area is 86.1 Å². The van der Waals surface area contributed by atoms with Gasteiger partial charge < -0.3 is 10.5 Å². The van der Waals surface area contributed by atoms with E-state index in [-0.39, 0.29) is 6.10 Å². The summed E-state index contributed by atoms with van der Waals surface area (Å²) in [6.07, 6.45) is 0.382. The van der Waals surface area contributed by atoms with Crippen LogP contribution in [-0.2, 0) is 0 Å². The van der Waals surface area contributed by atoms with E-state index in [0.29, 0.717) is 6.42 Å². The van der Waals surface area contributed by atoms with Gasteiger partial charge in [-0.15, -0.1) is 0 Å². The Morgan fingerprint density at radius 1 is 1.29 bits per heavy atom. The molecule has 0 aromatic rings. The van der Waals surface area contributed by atoms with Gasteiger partial charge >= 0.3 is 0 Å². The second-order valence-corrected chi connectivity index (χ2v) is 4.04. The highest BCUT2D eigenvalue weighted by molar-refractivity contribution is 5.37. The number of aliphatic hydroxyl groups excluding tert-OH is 1. The van der Waals surface area contributed by atoms with E-state index in [4.69, 9.17) is 0 Å². The van der Waals surface area contributed by atoms with E-state index >= 15 is 0 Å². The molecule has 1 unspecified atom stereocenters. The van der Waals surface area contributed by atoms with Crippen molar-refractivity contribution in [2.24, 2.45) is 0 Å². The van der Waals surface area contributed by atoms with Crippen molar-refractivity contribution in [3.8, 4) is 0 Å². The van der Waals surface area contributed by atoms with Crippen molar-refractivity contribution >= 4 is 0 Å². The lowest BCUT2D eigenvalue weighted by Gasteiger charge is -2.32. The molecule has 0 aliphatic carbocycles. The number of rotatable bonds is 2. The van der Waals surface area contributed by atoms with Gasteiger partial charge in [0, 0.05) is 24.9 Å². The highest BCUT2D eigenvalue weighted by Crippen LogP contribution is 2.24. The molecule has 80 valence electrons. The molecule has 14 heavy (non-hydrogen) atoms. The Kier molecular flexibility index (Phi) is 3.21. The van der Waals surface area contributed by atoms with E-state index in [2.05, 4.69) is 26.2 Å². The van der Waals surface area contributed by atoms with Crippen molar-refractivity contribution in [3.05, 3.63) is 22.5 Å². The van der Waals surface area contributed by atoms with Crippen LogP contribution in [0.2, 0.25) is 0 Å². The van der Waals surface area contributed by atoms with Crippen molar-refractivity contribution in [1.29, 1.82) is 0 Å². The Balaban J connectivity index is 2.95. The number of hydrazine groups is 1. The number of allylic oxidation sites excluding steroid dienone is 3. The predicted molar refractivity (Wildman–Crippen MR) is 58.3 cm³/mol. The molecule has 0 aromatic carbocycles. The third kappa shape index (κ3) is 2.10. The molecule has 0 spiro atoms. The summed E-state index contributed by atoms with van der Waals surface area (Å²) < 4.78 is 0. The molecule has 0 saturated heterocycles. The zero-order valence-corrected chi connectivity index (χ0v) is 9.68. The maximum atomic E-state index is 9.35. The van der Waals surface area contributed by atoms with E-state index in [1.807, 2.05) is 19.0 Å². The van der Waals surface area contributed by atoms with Crippen molar-refractivity contribution in [2.45, 2.75) is 40.2 Å². The van der Waals surface area contributed by atoms with Gasteiger partial charge in [0.05, 0.1) is 6.10 Å². The fourth-order valence-corrected chi connectivity index (χ4v) is 1.61. The first-order valence-corrected chi connectivity index (χ1v) is 4.99. The Morgan fingerprint density at radius 3 is 2.36 bits per heavy atom. The van der Waals surface area contributed by atoms with Crippen LogP contribution in [0.15, 0.2) is 22.5 Å². The van der Waals surface area contributed by atoms with Crippen LogP contribution in [0, 0.1) is 0 Å². The summed E-state index contributed by atoms with van der Waals surface area (Å²) in [6, 6.07) is 0. The molecule has 1 rings (SSSR count). The number of nitrogens with one attached hydrogen (secondary N) is 1. The molecule has 1 heterocycles. The maximum absolute atomic E-state index is 9.35. The standard InChI is InChI=1S/C11H20N2O/c1-7(14)6-11-9(3)8(2)10(4)13(5)12-11/h7,12,14H,6H2,1-5H3. The molecule has 3 heteroatoms. The van der Waals surface area contributed by atoms with Gasteiger partial charge in [-0.2, -0.15) is 0 Å². The van der Waals surface area contributed by atoms with Crippen LogP contribution in [0.25, 0.3) is 0 Å². The molecule has 0 radical (unpaired) electrons. The van der Waals surface area contributed by atoms with Crippen LogP contribution >= 0.6 is 0 Å². The van der Waals surface area contributed by atoms with Gasteiger partial charge in [-0.25, -0.2) is 0 Å². The third-order valence-corrected chi connectivity index (χ3v) is 2.86.